The number of phenols is 1. The lowest BCUT2D eigenvalue weighted by atomic mass is 10.0. The van der Waals surface area contributed by atoms with Crippen LogP contribution in [0, 0.1) is 5.82 Å². The van der Waals surface area contributed by atoms with Crippen molar-refractivity contribution in [2.45, 2.75) is 6.04 Å². The van der Waals surface area contributed by atoms with Crippen molar-refractivity contribution in [1.29, 1.82) is 0 Å². The largest absolute Gasteiger partial charge is 0.508 e. The number of nitrogens with two attached hydrogens (primary N) is 1. The molecule has 0 amide bonds. The highest BCUT2D eigenvalue weighted by molar-refractivity contribution is 5.99. The van der Waals surface area contributed by atoms with E-state index in [9.17, 15) is 9.50 Å². The molecule has 1 aliphatic rings. The van der Waals surface area contributed by atoms with Crippen LogP contribution in [0.2, 0.25) is 0 Å². The molecule has 6 heterocycles. The van der Waals surface area contributed by atoms with E-state index in [4.69, 9.17) is 10.7 Å². The highest BCUT2D eigenvalue weighted by Gasteiger charge is 2.25. The van der Waals surface area contributed by atoms with Crippen LogP contribution in [0.15, 0.2) is 61.2 Å². The summed E-state index contributed by atoms with van der Waals surface area (Å²) in [7, 11) is 0. The average molecular weight is 494 g/mol. The number of pyridine rings is 2. The normalized spacial score (nSPS) is 13.9. The number of H-pyrrole nitrogens is 2. The number of benzene rings is 1. The summed E-state index contributed by atoms with van der Waals surface area (Å²) in [5.41, 5.74) is 11.4. The molecule has 7 rings (SSSR count). The number of rotatable bonds is 4. The van der Waals surface area contributed by atoms with Crippen LogP contribution < -0.4 is 10.6 Å². The standard InChI is InChI=1S/C26H20FN9O/c27-15-3-13(4-17(37)6-15)18-1-2-30-25-19(18)7-21(33-25)24-20-5-14(8-31-26(20)35-34-24)22-9-29-10-23(32-22)36-11-16(28)12-36/h1-10,16,37H,11-12,28H2,(H,30,33)(H,31,34,35). The molecule has 37 heavy (non-hydrogen) atoms. The second-order valence-electron chi connectivity index (χ2n) is 9.12. The molecular formula is C26H20FN9O. The quantitative estimate of drug-likeness (QED) is 0.291. The molecule has 0 aliphatic carbocycles. The highest BCUT2D eigenvalue weighted by atomic mass is 19.1. The van der Waals surface area contributed by atoms with E-state index in [1.54, 1.807) is 30.9 Å². The minimum Gasteiger partial charge on any atom is -0.508 e. The molecule has 11 heteroatoms. The van der Waals surface area contributed by atoms with E-state index in [1.807, 2.05) is 12.1 Å². The van der Waals surface area contributed by atoms with E-state index in [2.05, 4.69) is 35.0 Å². The van der Waals surface area contributed by atoms with E-state index < -0.39 is 5.82 Å². The van der Waals surface area contributed by atoms with Gasteiger partial charge in [-0.25, -0.2) is 19.3 Å². The van der Waals surface area contributed by atoms with Gasteiger partial charge in [-0.15, -0.1) is 0 Å². The van der Waals surface area contributed by atoms with Gasteiger partial charge in [0.15, 0.2) is 5.65 Å². The summed E-state index contributed by atoms with van der Waals surface area (Å²) in [4.78, 5) is 23.5. The minimum atomic E-state index is -0.516. The molecule has 0 radical (unpaired) electrons. The number of fused-ring (bicyclic) bond motifs is 2. The van der Waals surface area contributed by atoms with Gasteiger partial charge in [0.1, 0.15) is 23.0 Å². The van der Waals surface area contributed by atoms with Crippen molar-refractivity contribution in [3.63, 3.8) is 0 Å². The van der Waals surface area contributed by atoms with E-state index in [0.29, 0.717) is 22.6 Å². The molecule has 0 spiro atoms. The third-order valence-electron chi connectivity index (χ3n) is 6.56. The zero-order chi connectivity index (χ0) is 25.1. The van der Waals surface area contributed by atoms with Crippen LogP contribution in [0.5, 0.6) is 5.75 Å². The van der Waals surface area contributed by atoms with Gasteiger partial charge < -0.3 is 20.7 Å². The Hall–Kier alpha value is -4.90. The fourth-order valence-corrected chi connectivity index (χ4v) is 4.73. The Morgan fingerprint density at radius 3 is 2.73 bits per heavy atom. The Morgan fingerprint density at radius 1 is 1.00 bits per heavy atom. The van der Waals surface area contributed by atoms with Crippen molar-refractivity contribution in [2.24, 2.45) is 5.73 Å². The Morgan fingerprint density at radius 2 is 1.89 bits per heavy atom. The van der Waals surface area contributed by atoms with Gasteiger partial charge in [-0.1, -0.05) is 0 Å². The Balaban J connectivity index is 1.31. The Labute approximate surface area is 209 Å². The summed E-state index contributed by atoms with van der Waals surface area (Å²) in [6.07, 6.45) is 6.81. The molecule has 5 N–H and O–H groups in total. The molecule has 0 saturated carbocycles. The van der Waals surface area contributed by atoms with Gasteiger partial charge >= 0.3 is 0 Å². The number of phenolic OH excluding ortho intramolecular Hbond substituents is 1. The van der Waals surface area contributed by atoms with E-state index in [0.717, 1.165) is 58.3 Å². The molecule has 10 nitrogen and oxygen atoms in total. The SMILES string of the molecule is NC1CN(c2cncc(-c3cnc4n[nH]c(-c5cc6c(-c7cc(O)cc(F)c7)ccnc6[nH]5)c4c3)n2)C1. The summed E-state index contributed by atoms with van der Waals surface area (Å²) in [6.45, 7) is 1.51. The average Bonchev–Trinajstić information content (AvgIpc) is 3.49. The fraction of sp³-hybridized carbons (Fsp3) is 0.115. The first-order valence-corrected chi connectivity index (χ1v) is 11.7. The molecule has 182 valence electrons. The fourth-order valence-electron chi connectivity index (χ4n) is 4.73. The predicted molar refractivity (Wildman–Crippen MR) is 137 cm³/mol. The van der Waals surface area contributed by atoms with E-state index in [1.165, 1.54) is 12.1 Å². The number of anilines is 1. The van der Waals surface area contributed by atoms with Gasteiger partial charge in [0.25, 0.3) is 0 Å². The van der Waals surface area contributed by atoms with Crippen LogP contribution in [0.25, 0.3) is 55.8 Å². The van der Waals surface area contributed by atoms with Gasteiger partial charge in [-0.2, -0.15) is 5.10 Å². The lowest BCUT2D eigenvalue weighted by Gasteiger charge is -2.37. The van der Waals surface area contributed by atoms with Gasteiger partial charge in [0.05, 0.1) is 29.5 Å². The molecule has 0 unspecified atom stereocenters. The Kier molecular flexibility index (Phi) is 4.66. The molecule has 1 saturated heterocycles. The summed E-state index contributed by atoms with van der Waals surface area (Å²) in [6, 6.07) is 9.82. The number of nitrogens with one attached hydrogen (secondary N) is 2. The number of nitrogens with zero attached hydrogens (tertiary/aromatic N) is 6. The number of hydrogen-bond acceptors (Lipinski definition) is 8. The highest BCUT2D eigenvalue weighted by Crippen LogP contribution is 2.35. The van der Waals surface area contributed by atoms with Crippen molar-refractivity contribution in [2.75, 3.05) is 18.0 Å². The summed E-state index contributed by atoms with van der Waals surface area (Å²) >= 11 is 0. The number of aromatic hydroxyl groups is 1. The van der Waals surface area contributed by atoms with Crippen LogP contribution in [0.4, 0.5) is 10.2 Å². The second kappa shape index (κ2) is 8.07. The van der Waals surface area contributed by atoms with E-state index >= 15 is 0 Å². The Bertz CT molecular complexity index is 1790. The maximum atomic E-state index is 14.0. The van der Waals surface area contributed by atoms with Gasteiger partial charge in [-0.3, -0.25) is 10.1 Å². The smallest absolute Gasteiger partial charge is 0.181 e. The summed E-state index contributed by atoms with van der Waals surface area (Å²) in [5.74, 6) is 0.125. The molecule has 0 bridgehead atoms. The third-order valence-corrected chi connectivity index (χ3v) is 6.56. The topological polar surface area (TPSA) is 146 Å². The second-order valence-corrected chi connectivity index (χ2v) is 9.12. The van der Waals surface area contributed by atoms with Crippen molar-refractivity contribution < 1.29 is 9.50 Å². The minimum absolute atomic E-state index is 0.141. The molecule has 0 atom stereocenters. The monoisotopic (exact) mass is 493 g/mol. The van der Waals surface area contributed by atoms with Gasteiger partial charge in [0.2, 0.25) is 0 Å². The lowest BCUT2D eigenvalue weighted by Crippen LogP contribution is -2.56. The van der Waals surface area contributed by atoms with Crippen LogP contribution in [0.1, 0.15) is 0 Å². The summed E-state index contributed by atoms with van der Waals surface area (Å²) in [5, 5.41) is 18.9. The number of aromatic amines is 2. The van der Waals surface area contributed by atoms with Crippen molar-refractivity contribution in [3.05, 3.63) is 67.0 Å². The molecule has 1 aliphatic heterocycles. The zero-order valence-electron chi connectivity index (χ0n) is 19.4. The van der Waals surface area contributed by atoms with E-state index in [-0.39, 0.29) is 11.8 Å². The maximum Gasteiger partial charge on any atom is 0.181 e. The molecular weight excluding hydrogens is 473 g/mol. The predicted octanol–water partition coefficient (Wildman–Crippen LogP) is 3.62. The molecule has 5 aromatic heterocycles. The van der Waals surface area contributed by atoms with Crippen LogP contribution >= 0.6 is 0 Å². The van der Waals surface area contributed by atoms with Gasteiger partial charge in [-0.05, 0) is 41.5 Å². The van der Waals surface area contributed by atoms with Crippen molar-refractivity contribution >= 4 is 27.9 Å². The van der Waals surface area contributed by atoms with Crippen LogP contribution in [0.3, 0.4) is 0 Å². The number of halogens is 1. The zero-order valence-corrected chi connectivity index (χ0v) is 19.4. The molecule has 1 aromatic carbocycles. The third kappa shape index (κ3) is 3.64. The first-order valence-electron chi connectivity index (χ1n) is 11.7. The van der Waals surface area contributed by atoms with Gasteiger partial charge in [0, 0.05) is 53.9 Å². The molecule has 1 fully saturated rings. The first-order chi connectivity index (χ1) is 18.0. The first kappa shape index (κ1) is 21.4. The van der Waals surface area contributed by atoms with Crippen LogP contribution in [-0.4, -0.2) is 59.4 Å². The van der Waals surface area contributed by atoms with Crippen LogP contribution in [-0.2, 0) is 0 Å². The van der Waals surface area contributed by atoms with Crippen molar-refractivity contribution in [3.8, 4) is 39.5 Å². The maximum absolute atomic E-state index is 14.0. The number of aromatic nitrogens is 7. The lowest BCUT2D eigenvalue weighted by molar-refractivity contribution is 0.469. The number of hydrogen-bond donors (Lipinski definition) is 4. The molecule has 6 aromatic rings. The van der Waals surface area contributed by atoms with Crippen molar-refractivity contribution in [1.82, 2.24) is 35.1 Å². The summed E-state index contributed by atoms with van der Waals surface area (Å²) < 4.78 is 14.0.